The van der Waals surface area contributed by atoms with Gasteiger partial charge >= 0.3 is 0 Å². The smallest absolute Gasteiger partial charge is 0.238 e. The van der Waals surface area contributed by atoms with E-state index in [2.05, 4.69) is 33.2 Å². The second-order valence-electron chi connectivity index (χ2n) is 7.59. The van der Waals surface area contributed by atoms with Gasteiger partial charge in [-0.2, -0.15) is 0 Å². The van der Waals surface area contributed by atoms with Gasteiger partial charge in [-0.1, -0.05) is 36.9 Å². The number of aldehydes is 1. The van der Waals surface area contributed by atoms with Crippen LogP contribution in [0.25, 0.3) is 6.08 Å². The van der Waals surface area contributed by atoms with Crippen LogP contribution < -0.4 is 26.6 Å². The molecule has 0 saturated carbocycles. The van der Waals surface area contributed by atoms with Gasteiger partial charge in [-0.05, 0) is 57.3 Å². The van der Waals surface area contributed by atoms with Crippen LogP contribution in [0.4, 0.5) is 11.4 Å². The molecule has 0 heterocycles. The highest BCUT2D eigenvalue weighted by Crippen LogP contribution is 2.22. The number of nitrogens with one attached hydrogen (secondary N) is 5. The topological polar surface area (TPSA) is 128 Å². The standard InChI is InChI=1S/C24H28N4O3.C3H7NO/c1-4-18-11-12-21(14-22(18)28-24(31)16-25-3)27-23(30)13-19(17(2)29)15-26-20-9-7-5-6-8-10-20;1-4-2-3-5/h4-5,7-12,14-15,25-26H,1,6,13,16H2,2-3H3,(H,27,30)(H,28,31);3-4H,2H2,1H3/b19-15-;. The third-order valence-electron chi connectivity index (χ3n) is 4.65. The number of carbonyl (C=O) groups is 4. The first kappa shape index (κ1) is 30.0. The Hall–Kier alpha value is -4.08. The highest BCUT2D eigenvalue weighted by Gasteiger charge is 2.12. The third kappa shape index (κ3) is 11.9. The maximum atomic E-state index is 12.5. The lowest BCUT2D eigenvalue weighted by molar-refractivity contribution is -0.118. The Morgan fingerprint density at radius 1 is 1.06 bits per heavy atom. The lowest BCUT2D eigenvalue weighted by Crippen LogP contribution is -2.25. The summed E-state index contributed by atoms with van der Waals surface area (Å²) in [6.07, 6.45) is 14.5. The first-order valence-corrected chi connectivity index (χ1v) is 11.4. The van der Waals surface area contributed by atoms with E-state index < -0.39 is 0 Å². The van der Waals surface area contributed by atoms with Crippen molar-refractivity contribution in [3.05, 3.63) is 78.2 Å². The van der Waals surface area contributed by atoms with Crippen LogP contribution in [0, 0.1) is 0 Å². The Kier molecular flexibility index (Phi) is 14.5. The number of hydrogen-bond acceptors (Lipinski definition) is 7. The van der Waals surface area contributed by atoms with E-state index in [9.17, 15) is 19.2 Å². The Morgan fingerprint density at radius 3 is 2.44 bits per heavy atom. The molecule has 0 aromatic heterocycles. The molecule has 1 aliphatic carbocycles. The molecule has 192 valence electrons. The quantitative estimate of drug-likeness (QED) is 0.224. The average Bonchev–Trinajstić information content (AvgIpc) is 3.12. The second kappa shape index (κ2) is 17.4. The summed E-state index contributed by atoms with van der Waals surface area (Å²) < 4.78 is 0. The molecule has 1 aliphatic rings. The number of Topliss-reactive ketones (excluding diaryl/α,β-unsaturated/α-hetero) is 1. The van der Waals surface area contributed by atoms with Gasteiger partial charge in [-0.25, -0.2) is 0 Å². The van der Waals surface area contributed by atoms with Gasteiger partial charge in [0.2, 0.25) is 11.8 Å². The van der Waals surface area contributed by atoms with Crippen molar-refractivity contribution >= 4 is 41.3 Å². The van der Waals surface area contributed by atoms with Crippen molar-refractivity contribution in [2.75, 3.05) is 37.8 Å². The molecule has 0 saturated heterocycles. The molecule has 0 unspecified atom stereocenters. The van der Waals surface area contributed by atoms with E-state index in [1.165, 1.54) is 6.92 Å². The van der Waals surface area contributed by atoms with Gasteiger partial charge in [0.05, 0.1) is 25.2 Å². The summed E-state index contributed by atoms with van der Waals surface area (Å²) in [4.78, 5) is 45.8. The zero-order valence-corrected chi connectivity index (χ0v) is 21.0. The van der Waals surface area contributed by atoms with Crippen LogP contribution in [0.3, 0.4) is 0 Å². The molecule has 1 aromatic rings. The fraction of sp³-hybridized carbons (Fsp3) is 0.259. The summed E-state index contributed by atoms with van der Waals surface area (Å²) in [5.74, 6) is -0.746. The number of carbonyl (C=O) groups excluding carboxylic acids is 4. The number of benzene rings is 1. The van der Waals surface area contributed by atoms with E-state index in [1.54, 1.807) is 44.6 Å². The Bertz CT molecular complexity index is 1050. The second-order valence-corrected chi connectivity index (χ2v) is 7.59. The Balaban J connectivity index is 0.00000118. The summed E-state index contributed by atoms with van der Waals surface area (Å²) in [5, 5.41) is 14.0. The fourth-order valence-electron chi connectivity index (χ4n) is 2.86. The molecular weight excluding hydrogens is 458 g/mol. The summed E-state index contributed by atoms with van der Waals surface area (Å²) in [7, 11) is 3.41. The molecule has 36 heavy (non-hydrogen) atoms. The normalized spacial score (nSPS) is 12.3. The predicted octanol–water partition coefficient (Wildman–Crippen LogP) is 2.68. The Morgan fingerprint density at radius 2 is 1.83 bits per heavy atom. The zero-order chi connectivity index (χ0) is 26.8. The van der Waals surface area contributed by atoms with E-state index in [-0.39, 0.29) is 30.6 Å². The molecule has 0 bridgehead atoms. The van der Waals surface area contributed by atoms with Gasteiger partial charge < -0.3 is 31.4 Å². The van der Waals surface area contributed by atoms with Crippen molar-refractivity contribution in [1.82, 2.24) is 16.0 Å². The molecule has 0 radical (unpaired) electrons. The van der Waals surface area contributed by atoms with Crippen molar-refractivity contribution in [1.29, 1.82) is 0 Å². The van der Waals surface area contributed by atoms with E-state index in [4.69, 9.17) is 0 Å². The number of rotatable bonds is 12. The van der Waals surface area contributed by atoms with Gasteiger partial charge in [0.15, 0.2) is 5.78 Å². The van der Waals surface area contributed by atoms with Crippen molar-refractivity contribution in [2.45, 2.75) is 19.8 Å². The summed E-state index contributed by atoms with van der Waals surface area (Å²) >= 11 is 0. The number of amides is 2. The van der Waals surface area contributed by atoms with Gasteiger partial charge in [0, 0.05) is 23.2 Å². The van der Waals surface area contributed by atoms with Gasteiger partial charge in [-0.3, -0.25) is 14.4 Å². The van der Waals surface area contributed by atoms with E-state index in [0.717, 1.165) is 24.0 Å². The van der Waals surface area contributed by atoms with Gasteiger partial charge in [0.1, 0.15) is 6.29 Å². The van der Waals surface area contributed by atoms with Crippen molar-refractivity contribution in [2.24, 2.45) is 0 Å². The predicted molar refractivity (Wildman–Crippen MR) is 145 cm³/mol. The zero-order valence-electron chi connectivity index (χ0n) is 21.0. The number of allylic oxidation sites excluding steroid dienone is 5. The molecule has 0 spiro atoms. The van der Waals surface area contributed by atoms with Crippen molar-refractivity contribution in [3.8, 4) is 0 Å². The number of likely N-dealkylation sites (N-methyl/N-ethyl adjacent to an activating group) is 2. The van der Waals surface area contributed by atoms with Crippen molar-refractivity contribution in [3.63, 3.8) is 0 Å². The number of ketones is 1. The maximum absolute atomic E-state index is 12.5. The average molecular weight is 494 g/mol. The minimum atomic E-state index is -0.340. The largest absolute Gasteiger partial charge is 0.361 e. The molecule has 0 aliphatic heterocycles. The number of anilines is 2. The molecular formula is C27H35N5O4. The first-order valence-electron chi connectivity index (χ1n) is 11.4. The molecule has 9 heteroatoms. The minimum absolute atomic E-state index is 0.0835. The molecule has 9 nitrogen and oxygen atoms in total. The van der Waals surface area contributed by atoms with Crippen LogP contribution in [-0.2, 0) is 19.2 Å². The van der Waals surface area contributed by atoms with E-state index in [1.807, 2.05) is 30.4 Å². The molecule has 2 amide bonds. The van der Waals surface area contributed by atoms with Gasteiger partial charge in [0.25, 0.3) is 0 Å². The van der Waals surface area contributed by atoms with Crippen LogP contribution in [-0.4, -0.2) is 51.1 Å². The maximum Gasteiger partial charge on any atom is 0.238 e. The van der Waals surface area contributed by atoms with Crippen LogP contribution in [0.1, 0.15) is 25.3 Å². The highest BCUT2D eigenvalue weighted by molar-refractivity contribution is 6.02. The minimum Gasteiger partial charge on any atom is -0.361 e. The molecule has 1 aromatic carbocycles. The Labute approximate surface area is 212 Å². The van der Waals surface area contributed by atoms with E-state index >= 15 is 0 Å². The van der Waals surface area contributed by atoms with Crippen LogP contribution in [0.5, 0.6) is 0 Å². The highest BCUT2D eigenvalue weighted by atomic mass is 16.2. The monoisotopic (exact) mass is 493 g/mol. The first-order chi connectivity index (χ1) is 17.3. The van der Waals surface area contributed by atoms with Crippen LogP contribution in [0.2, 0.25) is 0 Å². The van der Waals surface area contributed by atoms with Crippen molar-refractivity contribution < 1.29 is 19.2 Å². The number of hydrogen-bond donors (Lipinski definition) is 5. The van der Waals surface area contributed by atoms with Gasteiger partial charge in [-0.15, -0.1) is 0 Å². The molecule has 5 N–H and O–H groups in total. The summed E-state index contributed by atoms with van der Waals surface area (Å²) in [5.41, 5.74) is 2.96. The van der Waals surface area contributed by atoms with Crippen LogP contribution >= 0.6 is 0 Å². The molecule has 0 fully saturated rings. The summed E-state index contributed by atoms with van der Waals surface area (Å²) in [6.45, 7) is 5.78. The van der Waals surface area contributed by atoms with E-state index in [0.29, 0.717) is 23.5 Å². The molecule has 0 atom stereocenters. The lowest BCUT2D eigenvalue weighted by Gasteiger charge is -2.12. The van der Waals surface area contributed by atoms with Crippen LogP contribution in [0.15, 0.2) is 72.6 Å². The SMILES string of the molecule is C=Cc1ccc(NC(=O)C/C(=C/NC2=CC=CCC=C2)C(C)=O)cc1NC(=O)CNC.CNCC=O. The lowest BCUT2D eigenvalue weighted by atomic mass is 10.1. The summed E-state index contributed by atoms with van der Waals surface area (Å²) in [6, 6.07) is 5.12. The molecule has 2 rings (SSSR count). The third-order valence-corrected chi connectivity index (χ3v) is 4.65. The fourth-order valence-corrected chi connectivity index (χ4v) is 2.86.